The number of nitrogens with one attached hydrogen (secondary N) is 1. The van der Waals surface area contributed by atoms with E-state index in [-0.39, 0.29) is 18.1 Å². The van der Waals surface area contributed by atoms with Gasteiger partial charge >= 0.3 is 12.1 Å². The van der Waals surface area contributed by atoms with E-state index < -0.39 is 34.6 Å². The van der Waals surface area contributed by atoms with Crippen LogP contribution < -0.4 is 5.32 Å². The zero-order valence-corrected chi connectivity index (χ0v) is 14.1. The number of carbonyl (C=O) groups excluding carboxylic acids is 1. The van der Waals surface area contributed by atoms with Crippen LogP contribution in [-0.4, -0.2) is 35.2 Å². The van der Waals surface area contributed by atoms with E-state index in [2.05, 4.69) is 5.32 Å². The van der Waals surface area contributed by atoms with Gasteiger partial charge in [0.15, 0.2) is 0 Å². The monoisotopic (exact) mass is 359 g/mol. The van der Waals surface area contributed by atoms with Crippen molar-refractivity contribution >= 4 is 11.9 Å². The molecule has 2 rings (SSSR count). The lowest BCUT2D eigenvalue weighted by Crippen LogP contribution is -2.76. The number of alkyl halides is 3. The maximum Gasteiger partial charge on any atom is 0.416 e. The second-order valence-corrected chi connectivity index (χ2v) is 6.61. The molecular weight excluding hydrogens is 339 g/mol. The number of hydrogen-bond acceptors (Lipinski definition) is 3. The smallest absolute Gasteiger partial charge is 0.416 e. The van der Waals surface area contributed by atoms with Crippen LogP contribution in [0.25, 0.3) is 0 Å². The molecule has 5 nitrogen and oxygen atoms in total. The Bertz CT molecular complexity index is 687. The summed E-state index contributed by atoms with van der Waals surface area (Å²) >= 11 is 0. The quantitative estimate of drug-likeness (QED) is 0.847. The fourth-order valence-corrected chi connectivity index (χ4v) is 3.14. The third-order valence-electron chi connectivity index (χ3n) is 4.91. The third-order valence-corrected chi connectivity index (χ3v) is 4.91. The SMILES string of the molecule is CCOC1CC(NC(=O)c2cccc(C(F)(F)F)c2)(C(=O)O)C1(C)C. The van der Waals surface area contributed by atoms with Crippen LogP contribution in [0.15, 0.2) is 24.3 Å². The van der Waals surface area contributed by atoms with Crippen LogP contribution in [0.1, 0.15) is 43.1 Å². The zero-order chi connectivity index (χ0) is 19.0. The van der Waals surface area contributed by atoms with Crippen molar-refractivity contribution in [1.29, 1.82) is 0 Å². The number of carboxylic acid groups (broad SMARTS) is 1. The average Bonchev–Trinajstić information content (AvgIpc) is 2.52. The summed E-state index contributed by atoms with van der Waals surface area (Å²) in [6, 6.07) is 3.88. The Morgan fingerprint density at radius 1 is 1.36 bits per heavy atom. The predicted octanol–water partition coefficient (Wildman–Crippen LogP) is 3.09. The van der Waals surface area contributed by atoms with E-state index in [4.69, 9.17) is 4.74 Å². The van der Waals surface area contributed by atoms with Gasteiger partial charge in [0.25, 0.3) is 5.91 Å². The van der Waals surface area contributed by atoms with Gasteiger partial charge in [-0.1, -0.05) is 19.9 Å². The first-order valence-electron chi connectivity index (χ1n) is 7.80. The molecule has 1 aliphatic carbocycles. The molecule has 8 heteroatoms. The Morgan fingerprint density at radius 3 is 2.48 bits per heavy atom. The van der Waals surface area contributed by atoms with Gasteiger partial charge in [0.1, 0.15) is 5.54 Å². The van der Waals surface area contributed by atoms with Gasteiger partial charge in [-0.2, -0.15) is 13.2 Å². The van der Waals surface area contributed by atoms with Crippen LogP contribution >= 0.6 is 0 Å². The summed E-state index contributed by atoms with van der Waals surface area (Å²) in [5.74, 6) is -2.11. The van der Waals surface area contributed by atoms with E-state index in [0.717, 1.165) is 12.1 Å². The number of aliphatic carboxylic acids is 1. The highest BCUT2D eigenvalue weighted by atomic mass is 19.4. The largest absolute Gasteiger partial charge is 0.479 e. The minimum absolute atomic E-state index is 0.0495. The lowest BCUT2D eigenvalue weighted by molar-refractivity contribution is -0.190. The van der Waals surface area contributed by atoms with Gasteiger partial charge in [-0.25, -0.2) is 4.79 Å². The van der Waals surface area contributed by atoms with Crippen molar-refractivity contribution in [1.82, 2.24) is 5.32 Å². The number of amides is 1. The summed E-state index contributed by atoms with van der Waals surface area (Å²) in [6.07, 6.45) is -4.90. The Morgan fingerprint density at radius 2 is 2.00 bits per heavy atom. The van der Waals surface area contributed by atoms with E-state index in [0.29, 0.717) is 12.7 Å². The normalized spacial score (nSPS) is 25.1. The van der Waals surface area contributed by atoms with E-state index in [1.807, 2.05) is 0 Å². The van der Waals surface area contributed by atoms with Crippen molar-refractivity contribution in [2.24, 2.45) is 5.41 Å². The van der Waals surface area contributed by atoms with E-state index >= 15 is 0 Å². The molecular formula is C17H20F3NO4. The Kier molecular flexibility index (Phi) is 4.87. The first kappa shape index (κ1) is 19.2. The molecule has 0 radical (unpaired) electrons. The molecule has 138 valence electrons. The number of carboxylic acids is 1. The number of hydrogen-bond donors (Lipinski definition) is 2. The molecule has 0 saturated heterocycles. The molecule has 1 amide bonds. The van der Waals surface area contributed by atoms with E-state index in [9.17, 15) is 27.9 Å². The highest BCUT2D eigenvalue weighted by Gasteiger charge is 2.66. The standard InChI is InChI=1S/C17H20F3NO4/c1-4-25-12-9-16(14(23)24,15(12,2)3)21-13(22)10-6-5-7-11(8-10)17(18,19)20/h5-8,12H,4,9H2,1-3H3,(H,21,22)(H,23,24). The highest BCUT2D eigenvalue weighted by Crippen LogP contribution is 2.51. The fourth-order valence-electron chi connectivity index (χ4n) is 3.14. The Labute approximate surface area is 143 Å². The summed E-state index contributed by atoms with van der Waals surface area (Å²) in [5, 5.41) is 12.1. The number of ether oxygens (including phenoxy) is 1. The molecule has 0 spiro atoms. The van der Waals surface area contributed by atoms with Crippen LogP contribution in [0.2, 0.25) is 0 Å². The summed E-state index contributed by atoms with van der Waals surface area (Å²) in [6.45, 7) is 5.47. The highest BCUT2D eigenvalue weighted by molar-refractivity contribution is 5.99. The van der Waals surface area contributed by atoms with Crippen molar-refractivity contribution in [3.63, 3.8) is 0 Å². The van der Waals surface area contributed by atoms with Crippen molar-refractivity contribution in [2.45, 2.75) is 45.0 Å². The molecule has 1 saturated carbocycles. The summed E-state index contributed by atoms with van der Waals surface area (Å²) in [5.41, 5.74) is -3.72. The minimum atomic E-state index is -4.59. The van der Waals surface area contributed by atoms with Gasteiger partial charge in [0.2, 0.25) is 0 Å². The summed E-state index contributed by atoms with van der Waals surface area (Å²) < 4.78 is 43.9. The topological polar surface area (TPSA) is 75.6 Å². The molecule has 0 heterocycles. The maximum absolute atomic E-state index is 12.8. The molecule has 2 atom stereocenters. The number of halogens is 3. The van der Waals surface area contributed by atoms with Gasteiger partial charge in [-0.05, 0) is 25.1 Å². The number of carbonyl (C=O) groups is 2. The Balaban J connectivity index is 2.28. The molecule has 1 aromatic rings. The number of benzene rings is 1. The maximum atomic E-state index is 12.8. The van der Waals surface area contributed by atoms with Crippen molar-refractivity contribution in [3.05, 3.63) is 35.4 Å². The van der Waals surface area contributed by atoms with Crippen LogP contribution in [0.3, 0.4) is 0 Å². The Hall–Kier alpha value is -2.09. The van der Waals surface area contributed by atoms with Gasteiger partial charge in [-0.3, -0.25) is 4.79 Å². The zero-order valence-electron chi connectivity index (χ0n) is 14.1. The molecule has 0 bridgehead atoms. The average molecular weight is 359 g/mol. The van der Waals surface area contributed by atoms with Crippen molar-refractivity contribution in [2.75, 3.05) is 6.61 Å². The second-order valence-electron chi connectivity index (χ2n) is 6.61. The molecule has 0 aliphatic heterocycles. The number of rotatable bonds is 5. The van der Waals surface area contributed by atoms with Gasteiger partial charge in [-0.15, -0.1) is 0 Å². The van der Waals surface area contributed by atoms with Crippen molar-refractivity contribution < 1.29 is 32.6 Å². The van der Waals surface area contributed by atoms with Gasteiger partial charge < -0.3 is 15.2 Å². The van der Waals surface area contributed by atoms with Crippen LogP contribution in [-0.2, 0) is 15.7 Å². The minimum Gasteiger partial charge on any atom is -0.479 e. The lowest BCUT2D eigenvalue weighted by atomic mass is 9.54. The lowest BCUT2D eigenvalue weighted by Gasteiger charge is -2.58. The summed E-state index contributed by atoms with van der Waals surface area (Å²) in [7, 11) is 0. The van der Waals surface area contributed by atoms with Crippen molar-refractivity contribution in [3.8, 4) is 0 Å². The van der Waals surface area contributed by atoms with Crippen LogP contribution in [0.5, 0.6) is 0 Å². The third kappa shape index (κ3) is 3.22. The molecule has 1 aliphatic rings. The van der Waals surface area contributed by atoms with E-state index in [1.165, 1.54) is 6.07 Å². The van der Waals surface area contributed by atoms with Crippen LogP contribution in [0.4, 0.5) is 13.2 Å². The first-order valence-corrected chi connectivity index (χ1v) is 7.80. The van der Waals surface area contributed by atoms with Gasteiger partial charge in [0.05, 0.1) is 11.7 Å². The molecule has 2 unspecified atom stereocenters. The first-order chi connectivity index (χ1) is 11.5. The molecule has 25 heavy (non-hydrogen) atoms. The molecule has 1 fully saturated rings. The van der Waals surface area contributed by atoms with Crippen LogP contribution in [0, 0.1) is 5.41 Å². The summed E-state index contributed by atoms with van der Waals surface area (Å²) in [4.78, 5) is 24.2. The molecule has 2 N–H and O–H groups in total. The molecule has 1 aromatic carbocycles. The predicted molar refractivity (Wildman–Crippen MR) is 83.1 cm³/mol. The van der Waals surface area contributed by atoms with Gasteiger partial charge in [0, 0.05) is 24.0 Å². The fraction of sp³-hybridized carbons (Fsp3) is 0.529. The van der Waals surface area contributed by atoms with E-state index in [1.54, 1.807) is 20.8 Å². The molecule has 0 aromatic heterocycles. The second kappa shape index (κ2) is 6.33.